The number of rotatable bonds is 7. The van der Waals surface area contributed by atoms with Gasteiger partial charge in [-0.05, 0) is 25.5 Å². The Bertz CT molecular complexity index is 1030. The molecule has 0 unspecified atom stereocenters. The minimum atomic E-state index is -4.43. The monoisotopic (exact) mass is 418 g/mol. The lowest BCUT2D eigenvalue weighted by Crippen LogP contribution is -2.30. The number of carbonyl (C=O) groups excluding carboxylic acids is 1. The molecule has 2 N–H and O–H groups in total. The van der Waals surface area contributed by atoms with E-state index < -0.39 is 11.7 Å². The average Bonchev–Trinajstić information content (AvgIpc) is 3.10. The highest BCUT2D eigenvalue weighted by atomic mass is 19.4. The fraction of sp³-hybridized carbons (Fsp3) is 0.300. The SMILES string of the molecule is Cc1nc(NCCNC(=O)Cc2cccc(C(F)(F)F)c2)cc(-n2ccnc2C)n1. The first-order chi connectivity index (χ1) is 14.2. The van der Waals surface area contributed by atoms with Crippen molar-refractivity contribution < 1.29 is 18.0 Å². The van der Waals surface area contributed by atoms with Gasteiger partial charge in [0.25, 0.3) is 0 Å². The Labute approximate surface area is 171 Å². The van der Waals surface area contributed by atoms with Gasteiger partial charge in [0.1, 0.15) is 23.3 Å². The van der Waals surface area contributed by atoms with Gasteiger partial charge < -0.3 is 10.6 Å². The van der Waals surface area contributed by atoms with Crippen molar-refractivity contribution in [3.05, 3.63) is 65.5 Å². The number of nitrogens with one attached hydrogen (secondary N) is 2. The molecule has 2 heterocycles. The molecule has 3 rings (SSSR count). The molecule has 1 amide bonds. The lowest BCUT2D eigenvalue weighted by atomic mass is 10.1. The van der Waals surface area contributed by atoms with E-state index in [0.717, 1.165) is 18.0 Å². The highest BCUT2D eigenvalue weighted by Gasteiger charge is 2.30. The van der Waals surface area contributed by atoms with E-state index in [4.69, 9.17) is 0 Å². The molecule has 0 bridgehead atoms. The average molecular weight is 418 g/mol. The normalized spacial score (nSPS) is 11.4. The maximum absolute atomic E-state index is 12.8. The second-order valence-electron chi connectivity index (χ2n) is 6.65. The van der Waals surface area contributed by atoms with Crippen LogP contribution in [0.25, 0.3) is 5.82 Å². The predicted octanol–water partition coefficient (Wildman–Crippen LogP) is 3.07. The van der Waals surface area contributed by atoms with Crippen molar-refractivity contribution in [2.75, 3.05) is 18.4 Å². The molecule has 3 aromatic rings. The van der Waals surface area contributed by atoms with E-state index in [0.29, 0.717) is 36.1 Å². The number of nitrogens with zero attached hydrogens (tertiary/aromatic N) is 4. The highest BCUT2D eigenvalue weighted by molar-refractivity contribution is 5.78. The van der Waals surface area contributed by atoms with Crippen molar-refractivity contribution in [2.24, 2.45) is 0 Å². The van der Waals surface area contributed by atoms with Crippen molar-refractivity contribution in [3.8, 4) is 5.82 Å². The lowest BCUT2D eigenvalue weighted by Gasteiger charge is -2.11. The van der Waals surface area contributed by atoms with Crippen LogP contribution in [-0.2, 0) is 17.4 Å². The molecule has 30 heavy (non-hydrogen) atoms. The minimum absolute atomic E-state index is 0.124. The van der Waals surface area contributed by atoms with E-state index in [1.54, 1.807) is 25.4 Å². The summed E-state index contributed by atoms with van der Waals surface area (Å²) >= 11 is 0. The Morgan fingerprint density at radius 2 is 1.93 bits per heavy atom. The number of imidazole rings is 1. The number of aromatic nitrogens is 4. The lowest BCUT2D eigenvalue weighted by molar-refractivity contribution is -0.137. The number of carbonyl (C=O) groups is 1. The van der Waals surface area contributed by atoms with Crippen LogP contribution in [0.15, 0.2) is 42.7 Å². The third kappa shape index (κ3) is 5.56. The Balaban J connectivity index is 1.51. The summed E-state index contributed by atoms with van der Waals surface area (Å²) in [5.74, 6) is 2.29. The number of anilines is 1. The molecule has 0 aliphatic rings. The van der Waals surface area contributed by atoms with E-state index in [9.17, 15) is 18.0 Å². The number of hydrogen-bond donors (Lipinski definition) is 2. The molecule has 1 aromatic carbocycles. The summed E-state index contributed by atoms with van der Waals surface area (Å²) < 4.78 is 40.1. The molecule has 0 atom stereocenters. The van der Waals surface area contributed by atoms with E-state index >= 15 is 0 Å². The molecule has 0 aliphatic carbocycles. The minimum Gasteiger partial charge on any atom is -0.368 e. The van der Waals surface area contributed by atoms with Gasteiger partial charge in [0.05, 0.1) is 12.0 Å². The maximum atomic E-state index is 12.8. The molecule has 158 valence electrons. The van der Waals surface area contributed by atoms with Crippen LogP contribution in [0, 0.1) is 13.8 Å². The third-order valence-electron chi connectivity index (χ3n) is 4.27. The zero-order valence-corrected chi connectivity index (χ0v) is 16.5. The number of benzene rings is 1. The molecule has 0 aliphatic heterocycles. The van der Waals surface area contributed by atoms with Crippen LogP contribution in [0.2, 0.25) is 0 Å². The second kappa shape index (κ2) is 8.93. The topological polar surface area (TPSA) is 84.7 Å². The molecule has 2 aromatic heterocycles. The molecule has 10 heteroatoms. The van der Waals surface area contributed by atoms with Gasteiger partial charge in [-0.15, -0.1) is 0 Å². The summed E-state index contributed by atoms with van der Waals surface area (Å²) in [6, 6.07) is 6.53. The number of halogens is 3. The van der Waals surface area contributed by atoms with Gasteiger partial charge in [0, 0.05) is 31.5 Å². The standard InChI is InChI=1S/C20H21F3N6O/c1-13-27-17(12-18(28-13)29-9-8-24-14(29)2)25-6-7-26-19(30)11-15-4-3-5-16(10-15)20(21,22)23/h3-5,8-10,12H,6-7,11H2,1-2H3,(H,26,30)(H,25,27,28). The van der Waals surface area contributed by atoms with Gasteiger partial charge in [-0.3, -0.25) is 9.36 Å². The number of alkyl halides is 3. The number of hydrogen-bond acceptors (Lipinski definition) is 5. The van der Waals surface area contributed by atoms with Crippen LogP contribution in [-0.4, -0.2) is 38.5 Å². The Hall–Kier alpha value is -3.43. The molecular formula is C20H21F3N6O. The van der Waals surface area contributed by atoms with Crippen LogP contribution < -0.4 is 10.6 Å². The van der Waals surface area contributed by atoms with Crippen molar-refractivity contribution in [3.63, 3.8) is 0 Å². The number of aryl methyl sites for hydroxylation is 2. The first-order valence-corrected chi connectivity index (χ1v) is 9.25. The predicted molar refractivity (Wildman–Crippen MR) is 105 cm³/mol. The maximum Gasteiger partial charge on any atom is 0.416 e. The Morgan fingerprint density at radius 1 is 1.13 bits per heavy atom. The highest BCUT2D eigenvalue weighted by Crippen LogP contribution is 2.29. The first-order valence-electron chi connectivity index (χ1n) is 9.25. The smallest absolute Gasteiger partial charge is 0.368 e. The molecule has 0 fully saturated rings. The van der Waals surface area contributed by atoms with Crippen molar-refractivity contribution in [2.45, 2.75) is 26.4 Å². The van der Waals surface area contributed by atoms with Crippen molar-refractivity contribution in [1.29, 1.82) is 0 Å². The first kappa shape index (κ1) is 21.3. The van der Waals surface area contributed by atoms with Gasteiger partial charge in [0.2, 0.25) is 5.91 Å². The van der Waals surface area contributed by atoms with Gasteiger partial charge in [-0.1, -0.05) is 18.2 Å². The summed E-state index contributed by atoms with van der Waals surface area (Å²) in [4.78, 5) is 24.9. The Morgan fingerprint density at radius 3 is 2.63 bits per heavy atom. The van der Waals surface area contributed by atoms with Gasteiger partial charge in [0.15, 0.2) is 0 Å². The Kier molecular flexibility index (Phi) is 6.34. The van der Waals surface area contributed by atoms with E-state index in [2.05, 4.69) is 25.6 Å². The summed E-state index contributed by atoms with van der Waals surface area (Å²) in [6.07, 6.45) is -1.07. The number of amides is 1. The van der Waals surface area contributed by atoms with Crippen LogP contribution in [0.5, 0.6) is 0 Å². The molecule has 0 saturated heterocycles. The zero-order valence-electron chi connectivity index (χ0n) is 16.5. The summed E-state index contributed by atoms with van der Waals surface area (Å²) in [7, 11) is 0. The molecule has 0 radical (unpaired) electrons. The molecular weight excluding hydrogens is 397 g/mol. The van der Waals surface area contributed by atoms with Crippen LogP contribution in [0.1, 0.15) is 22.8 Å². The fourth-order valence-corrected chi connectivity index (χ4v) is 2.88. The molecule has 0 spiro atoms. The van der Waals surface area contributed by atoms with Gasteiger partial charge in [-0.25, -0.2) is 15.0 Å². The summed E-state index contributed by atoms with van der Waals surface area (Å²) in [6.45, 7) is 4.33. The summed E-state index contributed by atoms with van der Waals surface area (Å²) in [5.41, 5.74) is -0.459. The zero-order chi connectivity index (χ0) is 21.7. The van der Waals surface area contributed by atoms with Crippen LogP contribution in [0.3, 0.4) is 0 Å². The van der Waals surface area contributed by atoms with E-state index in [1.165, 1.54) is 12.1 Å². The quantitative estimate of drug-likeness (QED) is 0.576. The van der Waals surface area contributed by atoms with E-state index in [-0.39, 0.29) is 12.3 Å². The van der Waals surface area contributed by atoms with Gasteiger partial charge in [-0.2, -0.15) is 13.2 Å². The molecule has 7 nitrogen and oxygen atoms in total. The second-order valence-corrected chi connectivity index (χ2v) is 6.65. The van der Waals surface area contributed by atoms with Crippen LogP contribution >= 0.6 is 0 Å². The van der Waals surface area contributed by atoms with Crippen molar-refractivity contribution >= 4 is 11.7 Å². The third-order valence-corrected chi connectivity index (χ3v) is 4.27. The molecule has 0 saturated carbocycles. The van der Waals surface area contributed by atoms with Gasteiger partial charge >= 0.3 is 6.18 Å². The summed E-state index contributed by atoms with van der Waals surface area (Å²) in [5, 5.41) is 5.79. The van der Waals surface area contributed by atoms with Crippen molar-refractivity contribution in [1.82, 2.24) is 24.8 Å². The largest absolute Gasteiger partial charge is 0.416 e. The van der Waals surface area contributed by atoms with Crippen LogP contribution in [0.4, 0.5) is 19.0 Å². The van der Waals surface area contributed by atoms with E-state index in [1.807, 2.05) is 11.5 Å². The fourth-order valence-electron chi connectivity index (χ4n) is 2.88.